The maximum Gasteiger partial charge on any atom is 0.242 e. The Labute approximate surface area is 113 Å². The van der Waals surface area contributed by atoms with E-state index in [9.17, 15) is 0 Å². The van der Waals surface area contributed by atoms with Crippen LogP contribution in [0.1, 0.15) is 38.1 Å². The summed E-state index contributed by atoms with van der Waals surface area (Å²) >= 11 is 2.06. The Hall–Kier alpha value is -0.840. The average Bonchev–Trinajstić information content (AvgIpc) is 2.45. The molecule has 1 fully saturated rings. The molecule has 1 aromatic heterocycles. The van der Waals surface area contributed by atoms with Gasteiger partial charge in [-0.1, -0.05) is 13.8 Å². The first-order valence-corrected chi connectivity index (χ1v) is 8.03. The molecule has 2 rings (SSSR count). The zero-order chi connectivity index (χ0) is 12.8. The molecule has 1 aliphatic rings. The van der Waals surface area contributed by atoms with E-state index in [1.807, 2.05) is 0 Å². The van der Waals surface area contributed by atoms with Gasteiger partial charge in [0.15, 0.2) is 0 Å². The van der Waals surface area contributed by atoms with Gasteiger partial charge in [-0.2, -0.15) is 16.9 Å². The van der Waals surface area contributed by atoms with Crippen molar-refractivity contribution in [2.45, 2.75) is 39.5 Å². The molecule has 1 saturated heterocycles. The third-order valence-corrected chi connectivity index (χ3v) is 4.45. The molecule has 0 unspecified atom stereocenters. The Morgan fingerprint density at radius 2 is 1.83 bits per heavy atom. The van der Waals surface area contributed by atoms with Crippen LogP contribution in [0.15, 0.2) is 0 Å². The summed E-state index contributed by atoms with van der Waals surface area (Å²) in [6, 6.07) is 0. The maximum atomic E-state index is 4.56. The van der Waals surface area contributed by atoms with E-state index in [0.29, 0.717) is 5.95 Å². The fraction of sp³-hybridized carbons (Fsp3) is 0.769. The molecule has 0 atom stereocenters. The summed E-state index contributed by atoms with van der Waals surface area (Å²) < 4.78 is 0. The normalized spacial score (nSPS) is 16.8. The Morgan fingerprint density at radius 3 is 2.50 bits per heavy atom. The van der Waals surface area contributed by atoms with Crippen molar-refractivity contribution in [1.29, 1.82) is 0 Å². The largest absolute Gasteiger partial charge is 0.353 e. The highest BCUT2D eigenvalue weighted by molar-refractivity contribution is 7.99. The van der Waals surface area contributed by atoms with E-state index >= 15 is 0 Å². The van der Waals surface area contributed by atoms with Gasteiger partial charge in [0.05, 0.1) is 11.4 Å². The highest BCUT2D eigenvalue weighted by Crippen LogP contribution is 2.22. The second-order valence-electron chi connectivity index (χ2n) is 4.67. The van der Waals surface area contributed by atoms with E-state index in [-0.39, 0.29) is 0 Å². The van der Waals surface area contributed by atoms with E-state index in [0.717, 1.165) is 36.7 Å². The zero-order valence-electron chi connectivity index (χ0n) is 11.3. The van der Waals surface area contributed by atoms with Crippen molar-refractivity contribution in [3.05, 3.63) is 11.4 Å². The molecule has 18 heavy (non-hydrogen) atoms. The number of aryl methyl sites for hydroxylation is 2. The van der Waals surface area contributed by atoms with Crippen LogP contribution in [0.3, 0.4) is 0 Å². The maximum absolute atomic E-state index is 4.56. The van der Waals surface area contributed by atoms with Gasteiger partial charge in [-0.15, -0.1) is 5.10 Å². The smallest absolute Gasteiger partial charge is 0.242 e. The number of aromatic nitrogens is 3. The molecule has 0 aromatic carbocycles. The lowest BCUT2D eigenvalue weighted by Gasteiger charge is -2.21. The fourth-order valence-electron chi connectivity index (χ4n) is 2.20. The van der Waals surface area contributed by atoms with Crippen LogP contribution in [-0.2, 0) is 12.8 Å². The van der Waals surface area contributed by atoms with Crippen molar-refractivity contribution in [3.63, 3.8) is 0 Å². The standard InChI is InChI=1S/C13H22N4S/c1-3-11-12(4-2)16-17-13(15-11)14-9-10-5-7-18-8-6-10/h10H,3-9H2,1-2H3,(H,14,15,17). The lowest BCUT2D eigenvalue weighted by molar-refractivity contribution is 0.514. The first kappa shape index (κ1) is 13.6. The molecule has 2 heterocycles. The summed E-state index contributed by atoms with van der Waals surface area (Å²) in [5.41, 5.74) is 2.10. The molecular formula is C13H22N4S. The zero-order valence-corrected chi connectivity index (χ0v) is 12.1. The summed E-state index contributed by atoms with van der Waals surface area (Å²) in [5, 5.41) is 11.8. The van der Waals surface area contributed by atoms with E-state index in [1.54, 1.807) is 0 Å². The van der Waals surface area contributed by atoms with Crippen LogP contribution in [-0.4, -0.2) is 33.2 Å². The van der Waals surface area contributed by atoms with Gasteiger partial charge in [0.1, 0.15) is 0 Å². The van der Waals surface area contributed by atoms with Crippen LogP contribution in [0.2, 0.25) is 0 Å². The Balaban J connectivity index is 1.92. The van der Waals surface area contributed by atoms with E-state index < -0.39 is 0 Å². The number of thioether (sulfide) groups is 1. The summed E-state index contributed by atoms with van der Waals surface area (Å²) in [6.07, 6.45) is 4.44. The van der Waals surface area contributed by atoms with Crippen LogP contribution in [0.5, 0.6) is 0 Å². The van der Waals surface area contributed by atoms with Gasteiger partial charge in [0.2, 0.25) is 5.95 Å². The molecule has 1 N–H and O–H groups in total. The Morgan fingerprint density at radius 1 is 1.11 bits per heavy atom. The second-order valence-corrected chi connectivity index (χ2v) is 5.90. The number of nitrogens with zero attached hydrogens (tertiary/aromatic N) is 3. The molecule has 0 radical (unpaired) electrons. The lowest BCUT2D eigenvalue weighted by atomic mass is 10.0. The van der Waals surface area contributed by atoms with Crippen LogP contribution in [0.25, 0.3) is 0 Å². The lowest BCUT2D eigenvalue weighted by Crippen LogP contribution is -2.20. The Bertz CT molecular complexity index is 377. The summed E-state index contributed by atoms with van der Waals surface area (Å²) in [4.78, 5) is 4.56. The number of anilines is 1. The Kier molecular flexibility index (Phi) is 5.23. The molecule has 4 nitrogen and oxygen atoms in total. The van der Waals surface area contributed by atoms with Gasteiger partial charge in [-0.25, -0.2) is 4.98 Å². The number of rotatable bonds is 5. The van der Waals surface area contributed by atoms with Crippen molar-refractivity contribution in [3.8, 4) is 0 Å². The van der Waals surface area contributed by atoms with E-state index in [1.165, 1.54) is 24.3 Å². The minimum atomic E-state index is 0.697. The molecule has 0 bridgehead atoms. The van der Waals surface area contributed by atoms with Crippen molar-refractivity contribution >= 4 is 17.7 Å². The highest BCUT2D eigenvalue weighted by Gasteiger charge is 2.14. The molecule has 0 spiro atoms. The van der Waals surface area contributed by atoms with Gasteiger partial charge >= 0.3 is 0 Å². The van der Waals surface area contributed by atoms with Gasteiger partial charge in [-0.05, 0) is 43.1 Å². The SMILES string of the molecule is CCc1nnc(NCC2CCSCC2)nc1CC. The molecule has 0 saturated carbocycles. The molecular weight excluding hydrogens is 244 g/mol. The summed E-state index contributed by atoms with van der Waals surface area (Å²) in [5.74, 6) is 4.05. The quantitative estimate of drug-likeness (QED) is 0.887. The summed E-state index contributed by atoms with van der Waals surface area (Å²) in [6.45, 7) is 5.19. The molecule has 0 aliphatic carbocycles. The van der Waals surface area contributed by atoms with Crippen molar-refractivity contribution in [2.75, 3.05) is 23.4 Å². The number of nitrogens with one attached hydrogen (secondary N) is 1. The first-order chi connectivity index (χ1) is 8.83. The number of hydrogen-bond donors (Lipinski definition) is 1. The third-order valence-electron chi connectivity index (χ3n) is 3.40. The highest BCUT2D eigenvalue weighted by atomic mass is 32.2. The molecule has 1 aromatic rings. The minimum Gasteiger partial charge on any atom is -0.353 e. The molecule has 5 heteroatoms. The van der Waals surface area contributed by atoms with Crippen molar-refractivity contribution in [2.24, 2.45) is 5.92 Å². The van der Waals surface area contributed by atoms with Crippen LogP contribution in [0.4, 0.5) is 5.95 Å². The summed E-state index contributed by atoms with van der Waals surface area (Å²) in [7, 11) is 0. The fourth-order valence-corrected chi connectivity index (χ4v) is 3.40. The topological polar surface area (TPSA) is 50.7 Å². The van der Waals surface area contributed by atoms with E-state index in [4.69, 9.17) is 0 Å². The van der Waals surface area contributed by atoms with Crippen molar-refractivity contribution in [1.82, 2.24) is 15.2 Å². The molecule has 0 amide bonds. The third kappa shape index (κ3) is 3.57. The minimum absolute atomic E-state index is 0.697. The average molecular weight is 266 g/mol. The monoisotopic (exact) mass is 266 g/mol. The van der Waals surface area contributed by atoms with Gasteiger partial charge in [-0.3, -0.25) is 0 Å². The van der Waals surface area contributed by atoms with Crippen LogP contribution >= 0.6 is 11.8 Å². The predicted octanol–water partition coefficient (Wildman–Crippen LogP) is 2.55. The second kappa shape index (κ2) is 6.92. The number of hydrogen-bond acceptors (Lipinski definition) is 5. The predicted molar refractivity (Wildman–Crippen MR) is 77.1 cm³/mol. The molecule has 100 valence electrons. The van der Waals surface area contributed by atoms with Crippen molar-refractivity contribution < 1.29 is 0 Å². The van der Waals surface area contributed by atoms with Gasteiger partial charge in [0, 0.05) is 6.54 Å². The van der Waals surface area contributed by atoms with Crippen LogP contribution in [0, 0.1) is 5.92 Å². The van der Waals surface area contributed by atoms with Crippen LogP contribution < -0.4 is 5.32 Å². The van der Waals surface area contributed by atoms with E-state index in [2.05, 4.69) is 46.1 Å². The van der Waals surface area contributed by atoms with Gasteiger partial charge in [0.25, 0.3) is 0 Å². The molecule has 1 aliphatic heterocycles. The first-order valence-electron chi connectivity index (χ1n) is 6.87. The van der Waals surface area contributed by atoms with Gasteiger partial charge < -0.3 is 5.32 Å².